The second-order valence-electron chi connectivity index (χ2n) is 5.38. The Bertz CT molecular complexity index is 284. The van der Waals surface area contributed by atoms with Crippen LogP contribution in [0.4, 0.5) is 0 Å². The average Bonchev–Trinajstić information content (AvgIpc) is 2.57. The Balaban J connectivity index is 2.24. The molecule has 3 nitrogen and oxygen atoms in total. The average molecular weight is 208 g/mol. The van der Waals surface area contributed by atoms with Gasteiger partial charge in [-0.2, -0.15) is 5.26 Å². The number of nitriles is 1. The van der Waals surface area contributed by atoms with Gasteiger partial charge in [-0.15, -0.1) is 0 Å². The highest BCUT2D eigenvalue weighted by Gasteiger charge is 2.52. The van der Waals surface area contributed by atoms with Gasteiger partial charge in [-0.3, -0.25) is 0 Å². The molecule has 0 spiro atoms. The molecule has 2 fully saturated rings. The summed E-state index contributed by atoms with van der Waals surface area (Å²) in [7, 11) is 0. The van der Waals surface area contributed by atoms with Gasteiger partial charge < -0.3 is 10.4 Å². The number of fused-ring (bicyclic) bond motifs is 2. The molecule has 2 bridgehead atoms. The molecule has 0 amide bonds. The summed E-state index contributed by atoms with van der Waals surface area (Å²) >= 11 is 0. The number of aliphatic hydroxyl groups is 1. The van der Waals surface area contributed by atoms with Crippen LogP contribution in [0.2, 0.25) is 0 Å². The van der Waals surface area contributed by atoms with E-state index in [1.807, 2.05) is 13.8 Å². The molecule has 3 heteroatoms. The first-order valence-electron chi connectivity index (χ1n) is 5.93. The van der Waals surface area contributed by atoms with Crippen LogP contribution in [0.15, 0.2) is 0 Å². The zero-order valence-corrected chi connectivity index (χ0v) is 9.58. The number of nitrogens with one attached hydrogen (secondary N) is 1. The summed E-state index contributed by atoms with van der Waals surface area (Å²) in [5.74, 6) is 0. The van der Waals surface area contributed by atoms with Gasteiger partial charge in [-0.05, 0) is 39.0 Å². The summed E-state index contributed by atoms with van der Waals surface area (Å²) in [6.07, 6.45) is 4.50. The summed E-state index contributed by atoms with van der Waals surface area (Å²) in [5.41, 5.74) is -1.37. The van der Waals surface area contributed by atoms with Crippen molar-refractivity contribution in [3.05, 3.63) is 0 Å². The Morgan fingerprint density at radius 2 is 2.00 bits per heavy atom. The molecule has 0 saturated carbocycles. The molecule has 84 valence electrons. The Labute approximate surface area is 91.5 Å². The van der Waals surface area contributed by atoms with Crippen molar-refractivity contribution in [2.24, 2.45) is 5.41 Å². The predicted octanol–water partition coefficient (Wildman–Crippen LogP) is 1.57. The normalized spacial score (nSPS) is 43.3. The number of hydrogen-bond donors (Lipinski definition) is 2. The predicted molar refractivity (Wildman–Crippen MR) is 58.1 cm³/mol. The Morgan fingerprint density at radius 1 is 1.47 bits per heavy atom. The molecule has 2 rings (SSSR count). The molecule has 0 aliphatic carbocycles. The molecule has 3 atom stereocenters. The Morgan fingerprint density at radius 3 is 2.40 bits per heavy atom. The first-order valence-corrected chi connectivity index (χ1v) is 5.93. The van der Waals surface area contributed by atoms with E-state index in [4.69, 9.17) is 0 Å². The summed E-state index contributed by atoms with van der Waals surface area (Å²) in [6, 6.07) is 3.18. The molecule has 0 aromatic heterocycles. The van der Waals surface area contributed by atoms with Crippen LogP contribution < -0.4 is 5.32 Å². The van der Waals surface area contributed by atoms with Crippen molar-refractivity contribution >= 4 is 0 Å². The number of piperidine rings is 1. The molecule has 3 unspecified atom stereocenters. The second-order valence-corrected chi connectivity index (χ2v) is 5.38. The van der Waals surface area contributed by atoms with Crippen LogP contribution in [-0.4, -0.2) is 22.8 Å². The molecule has 0 aromatic carbocycles. The van der Waals surface area contributed by atoms with Crippen molar-refractivity contribution in [3.63, 3.8) is 0 Å². The monoisotopic (exact) mass is 208 g/mol. The lowest BCUT2D eigenvalue weighted by molar-refractivity contribution is -0.0838. The maximum Gasteiger partial charge on any atom is 0.0860 e. The van der Waals surface area contributed by atoms with E-state index in [0.717, 1.165) is 32.1 Å². The Kier molecular flexibility index (Phi) is 2.52. The smallest absolute Gasteiger partial charge is 0.0860 e. The van der Waals surface area contributed by atoms with Crippen LogP contribution in [0.3, 0.4) is 0 Å². The third-order valence-electron chi connectivity index (χ3n) is 4.48. The van der Waals surface area contributed by atoms with Crippen molar-refractivity contribution in [1.82, 2.24) is 5.32 Å². The molecular formula is C12H20N2O. The van der Waals surface area contributed by atoms with E-state index < -0.39 is 11.0 Å². The van der Waals surface area contributed by atoms with Crippen molar-refractivity contribution in [1.29, 1.82) is 5.26 Å². The second kappa shape index (κ2) is 3.47. The first-order chi connectivity index (χ1) is 7.03. The van der Waals surface area contributed by atoms with Gasteiger partial charge >= 0.3 is 0 Å². The number of nitrogens with zero attached hydrogens (tertiary/aromatic N) is 1. The number of hydrogen-bond acceptors (Lipinski definition) is 3. The quantitative estimate of drug-likeness (QED) is 0.724. The molecule has 2 saturated heterocycles. The lowest BCUT2D eigenvalue weighted by Crippen LogP contribution is -2.56. The summed E-state index contributed by atoms with van der Waals surface area (Å²) in [6.45, 7) is 3.89. The highest BCUT2D eigenvalue weighted by molar-refractivity contribution is 5.14. The van der Waals surface area contributed by atoms with E-state index in [0.29, 0.717) is 12.1 Å². The minimum Gasteiger partial charge on any atom is -0.388 e. The molecule has 2 N–H and O–H groups in total. The van der Waals surface area contributed by atoms with E-state index in [2.05, 4.69) is 11.4 Å². The summed E-state index contributed by atoms with van der Waals surface area (Å²) < 4.78 is 0. The van der Waals surface area contributed by atoms with E-state index >= 15 is 0 Å². The SMILES string of the molecule is CCC(C)(C#N)C1(O)CC2CCC(C1)N2. The van der Waals surface area contributed by atoms with Crippen LogP contribution in [0.25, 0.3) is 0 Å². The maximum atomic E-state index is 10.7. The van der Waals surface area contributed by atoms with Crippen LogP contribution >= 0.6 is 0 Å². The van der Waals surface area contributed by atoms with Gasteiger partial charge in [0.25, 0.3) is 0 Å². The largest absolute Gasteiger partial charge is 0.388 e. The van der Waals surface area contributed by atoms with E-state index in [-0.39, 0.29) is 0 Å². The number of rotatable bonds is 2. The molecule has 2 aliphatic rings. The Hall–Kier alpha value is -0.590. The fourth-order valence-electron chi connectivity index (χ4n) is 3.09. The van der Waals surface area contributed by atoms with Gasteiger partial charge in [0.1, 0.15) is 0 Å². The molecule has 15 heavy (non-hydrogen) atoms. The molecule has 2 heterocycles. The van der Waals surface area contributed by atoms with E-state index in [9.17, 15) is 10.4 Å². The van der Waals surface area contributed by atoms with Crippen molar-refractivity contribution in [2.75, 3.05) is 0 Å². The maximum absolute atomic E-state index is 10.7. The third kappa shape index (κ3) is 1.56. The zero-order valence-electron chi connectivity index (χ0n) is 9.58. The minimum atomic E-state index is -0.784. The van der Waals surface area contributed by atoms with Gasteiger partial charge in [0.05, 0.1) is 17.1 Å². The first kappa shape index (κ1) is 10.9. The van der Waals surface area contributed by atoms with E-state index in [1.165, 1.54) is 0 Å². The van der Waals surface area contributed by atoms with Crippen LogP contribution in [0.1, 0.15) is 46.0 Å². The lowest BCUT2D eigenvalue weighted by Gasteiger charge is -2.45. The van der Waals surface area contributed by atoms with Crippen molar-refractivity contribution < 1.29 is 5.11 Å². The topological polar surface area (TPSA) is 56.0 Å². The van der Waals surface area contributed by atoms with Crippen molar-refractivity contribution in [2.45, 2.75) is 63.6 Å². The van der Waals surface area contributed by atoms with Gasteiger partial charge in [0.2, 0.25) is 0 Å². The standard InChI is InChI=1S/C12H20N2O/c1-3-11(2,8-13)12(15)6-9-4-5-10(7-12)14-9/h9-10,14-15H,3-7H2,1-2H3. The summed E-state index contributed by atoms with van der Waals surface area (Å²) in [4.78, 5) is 0. The highest BCUT2D eigenvalue weighted by atomic mass is 16.3. The van der Waals surface area contributed by atoms with E-state index in [1.54, 1.807) is 0 Å². The molecule has 2 aliphatic heterocycles. The van der Waals surface area contributed by atoms with Gasteiger partial charge in [-0.1, -0.05) is 6.92 Å². The minimum absolute atomic E-state index is 0.424. The zero-order chi connectivity index (χ0) is 11.1. The molecule has 0 aromatic rings. The van der Waals surface area contributed by atoms with Crippen LogP contribution in [-0.2, 0) is 0 Å². The van der Waals surface area contributed by atoms with Gasteiger partial charge in [0, 0.05) is 12.1 Å². The van der Waals surface area contributed by atoms with Crippen LogP contribution in [0.5, 0.6) is 0 Å². The fraction of sp³-hybridized carbons (Fsp3) is 0.917. The van der Waals surface area contributed by atoms with Crippen LogP contribution in [0, 0.1) is 16.7 Å². The van der Waals surface area contributed by atoms with Gasteiger partial charge in [0.15, 0.2) is 0 Å². The van der Waals surface area contributed by atoms with Gasteiger partial charge in [-0.25, -0.2) is 0 Å². The molecular weight excluding hydrogens is 188 g/mol. The molecule has 0 radical (unpaired) electrons. The lowest BCUT2D eigenvalue weighted by atomic mass is 9.66. The summed E-state index contributed by atoms with van der Waals surface area (Å²) in [5, 5.41) is 23.5. The highest BCUT2D eigenvalue weighted by Crippen LogP contribution is 2.46. The third-order valence-corrected chi connectivity index (χ3v) is 4.48. The van der Waals surface area contributed by atoms with Crippen molar-refractivity contribution in [3.8, 4) is 6.07 Å². The fourth-order valence-corrected chi connectivity index (χ4v) is 3.09.